The van der Waals surface area contributed by atoms with E-state index in [1.165, 1.54) is 0 Å². The minimum atomic E-state index is 0.157. The molecule has 0 fully saturated rings. The molecule has 23 heavy (non-hydrogen) atoms. The Hall–Kier alpha value is -2.69. The van der Waals surface area contributed by atoms with Gasteiger partial charge in [0.2, 0.25) is 12.7 Å². The van der Waals surface area contributed by atoms with Crippen LogP contribution in [0.25, 0.3) is 0 Å². The highest BCUT2D eigenvalue weighted by Crippen LogP contribution is 2.38. The van der Waals surface area contributed by atoms with E-state index >= 15 is 0 Å². The number of carbonyl (C=O) groups excluding carboxylic acids is 1. The van der Waals surface area contributed by atoms with Crippen LogP contribution in [-0.4, -0.2) is 24.1 Å². The van der Waals surface area contributed by atoms with Crippen LogP contribution in [0, 0.1) is 0 Å². The van der Waals surface area contributed by atoms with Crippen molar-refractivity contribution in [3.8, 4) is 11.5 Å². The van der Waals surface area contributed by atoms with Gasteiger partial charge in [-0.1, -0.05) is 30.3 Å². The molecule has 4 rings (SSSR count). The SMILES string of the molecule is O=C1CCNc2cc3c(cc2CN1Cc1ccccc1)OCO3. The first-order valence-electron chi connectivity index (χ1n) is 7.78. The van der Waals surface area contributed by atoms with Crippen molar-refractivity contribution < 1.29 is 14.3 Å². The van der Waals surface area contributed by atoms with Crippen molar-refractivity contribution in [2.24, 2.45) is 0 Å². The molecule has 1 N–H and O–H groups in total. The number of fused-ring (bicyclic) bond motifs is 2. The third kappa shape index (κ3) is 2.82. The number of carbonyl (C=O) groups is 1. The Kier molecular flexibility index (Phi) is 3.54. The third-order valence-electron chi connectivity index (χ3n) is 4.18. The topological polar surface area (TPSA) is 50.8 Å². The number of nitrogens with one attached hydrogen (secondary N) is 1. The smallest absolute Gasteiger partial charge is 0.231 e. The Labute approximate surface area is 134 Å². The molecular formula is C18H18N2O3. The van der Waals surface area contributed by atoms with Crippen LogP contribution in [0.2, 0.25) is 0 Å². The van der Waals surface area contributed by atoms with Crippen LogP contribution in [0.4, 0.5) is 5.69 Å². The molecule has 0 atom stereocenters. The number of ether oxygens (including phenoxy) is 2. The van der Waals surface area contributed by atoms with E-state index in [0.29, 0.717) is 26.1 Å². The van der Waals surface area contributed by atoms with Crippen LogP contribution in [0.1, 0.15) is 17.5 Å². The fraction of sp³-hybridized carbons (Fsp3) is 0.278. The molecule has 0 aliphatic carbocycles. The van der Waals surface area contributed by atoms with Gasteiger partial charge in [-0.2, -0.15) is 0 Å². The standard InChI is InChI=1S/C18H18N2O3/c21-18-6-7-19-15-9-17-16(22-12-23-17)8-14(15)11-20(18)10-13-4-2-1-3-5-13/h1-5,8-9,19H,6-7,10-12H2. The van der Waals surface area contributed by atoms with Crippen molar-refractivity contribution in [2.75, 3.05) is 18.7 Å². The number of amides is 1. The zero-order chi connectivity index (χ0) is 15.6. The number of hydrogen-bond donors (Lipinski definition) is 1. The van der Waals surface area contributed by atoms with Gasteiger partial charge in [0.15, 0.2) is 11.5 Å². The highest BCUT2D eigenvalue weighted by Gasteiger charge is 2.23. The summed E-state index contributed by atoms with van der Waals surface area (Å²) in [5, 5.41) is 3.33. The Bertz CT molecular complexity index is 731. The van der Waals surface area contributed by atoms with Crippen molar-refractivity contribution in [3.05, 3.63) is 53.6 Å². The summed E-state index contributed by atoms with van der Waals surface area (Å²) in [5.41, 5.74) is 3.20. The van der Waals surface area contributed by atoms with Crippen molar-refractivity contribution in [1.82, 2.24) is 4.90 Å². The van der Waals surface area contributed by atoms with Gasteiger partial charge in [0.05, 0.1) is 0 Å². The largest absolute Gasteiger partial charge is 0.454 e. The molecule has 2 aromatic carbocycles. The first-order valence-corrected chi connectivity index (χ1v) is 7.78. The Morgan fingerprint density at radius 3 is 2.70 bits per heavy atom. The van der Waals surface area contributed by atoms with E-state index < -0.39 is 0 Å². The predicted molar refractivity (Wildman–Crippen MR) is 86.4 cm³/mol. The summed E-state index contributed by atoms with van der Waals surface area (Å²) in [6, 6.07) is 14.0. The van der Waals surface area contributed by atoms with Crippen molar-refractivity contribution >= 4 is 11.6 Å². The Morgan fingerprint density at radius 1 is 1.09 bits per heavy atom. The van der Waals surface area contributed by atoms with Gasteiger partial charge >= 0.3 is 0 Å². The third-order valence-corrected chi connectivity index (χ3v) is 4.18. The maximum absolute atomic E-state index is 12.4. The van der Waals surface area contributed by atoms with Crippen molar-refractivity contribution in [3.63, 3.8) is 0 Å². The molecular weight excluding hydrogens is 292 g/mol. The summed E-state index contributed by atoms with van der Waals surface area (Å²) in [4.78, 5) is 14.3. The second-order valence-corrected chi connectivity index (χ2v) is 5.77. The van der Waals surface area contributed by atoms with Crippen LogP contribution >= 0.6 is 0 Å². The average Bonchev–Trinajstić information content (AvgIpc) is 3.01. The summed E-state index contributed by atoms with van der Waals surface area (Å²) < 4.78 is 10.9. The molecule has 5 nitrogen and oxygen atoms in total. The monoisotopic (exact) mass is 310 g/mol. The van der Waals surface area contributed by atoms with E-state index in [2.05, 4.69) is 5.32 Å². The van der Waals surface area contributed by atoms with Crippen LogP contribution < -0.4 is 14.8 Å². The summed E-state index contributed by atoms with van der Waals surface area (Å²) in [7, 11) is 0. The molecule has 0 bridgehead atoms. The first-order chi connectivity index (χ1) is 11.3. The second kappa shape index (κ2) is 5.83. The summed E-state index contributed by atoms with van der Waals surface area (Å²) >= 11 is 0. The molecule has 2 aliphatic heterocycles. The molecule has 0 saturated carbocycles. The average molecular weight is 310 g/mol. The van der Waals surface area contributed by atoms with Crippen molar-refractivity contribution in [1.29, 1.82) is 0 Å². The van der Waals surface area contributed by atoms with Crippen LogP contribution in [0.15, 0.2) is 42.5 Å². The summed E-state index contributed by atoms with van der Waals surface area (Å²) in [5.74, 6) is 1.67. The minimum absolute atomic E-state index is 0.157. The van der Waals surface area contributed by atoms with E-state index in [1.807, 2.05) is 47.4 Å². The number of anilines is 1. The molecule has 0 spiro atoms. The molecule has 0 unspecified atom stereocenters. The zero-order valence-electron chi connectivity index (χ0n) is 12.7. The number of rotatable bonds is 2. The fourth-order valence-corrected chi connectivity index (χ4v) is 2.98. The van der Waals surface area contributed by atoms with Gasteiger partial charge in [-0.3, -0.25) is 4.79 Å². The summed E-state index contributed by atoms with van der Waals surface area (Å²) in [6.45, 7) is 2.06. The van der Waals surface area contributed by atoms with Gasteiger partial charge in [0.1, 0.15) is 0 Å². The highest BCUT2D eigenvalue weighted by molar-refractivity contribution is 5.78. The Morgan fingerprint density at radius 2 is 1.87 bits per heavy atom. The number of nitrogens with zero attached hydrogens (tertiary/aromatic N) is 1. The molecule has 0 radical (unpaired) electrons. The molecule has 2 heterocycles. The van der Waals surface area contributed by atoms with Gasteiger partial charge in [-0.05, 0) is 17.2 Å². The quantitative estimate of drug-likeness (QED) is 0.926. The van der Waals surface area contributed by atoms with Crippen molar-refractivity contribution in [2.45, 2.75) is 19.5 Å². The van der Waals surface area contributed by atoms with Gasteiger partial charge < -0.3 is 19.7 Å². The lowest BCUT2D eigenvalue weighted by molar-refractivity contribution is -0.132. The minimum Gasteiger partial charge on any atom is -0.454 e. The van der Waals surface area contributed by atoms with E-state index in [0.717, 1.165) is 28.3 Å². The van der Waals surface area contributed by atoms with Gasteiger partial charge in [0.25, 0.3) is 0 Å². The van der Waals surface area contributed by atoms with Crippen LogP contribution in [0.3, 0.4) is 0 Å². The van der Waals surface area contributed by atoms with E-state index in [1.54, 1.807) is 0 Å². The molecule has 5 heteroatoms. The number of benzene rings is 2. The van der Waals surface area contributed by atoms with Crippen LogP contribution in [0.5, 0.6) is 11.5 Å². The summed E-state index contributed by atoms with van der Waals surface area (Å²) in [6.07, 6.45) is 0.487. The fourth-order valence-electron chi connectivity index (χ4n) is 2.98. The second-order valence-electron chi connectivity index (χ2n) is 5.77. The zero-order valence-corrected chi connectivity index (χ0v) is 12.7. The molecule has 1 amide bonds. The highest BCUT2D eigenvalue weighted by atomic mass is 16.7. The van der Waals surface area contributed by atoms with E-state index in [4.69, 9.17) is 9.47 Å². The molecule has 2 aromatic rings. The van der Waals surface area contributed by atoms with E-state index in [-0.39, 0.29) is 12.7 Å². The normalized spacial score (nSPS) is 16.3. The van der Waals surface area contributed by atoms with Gasteiger partial charge in [-0.15, -0.1) is 0 Å². The Balaban J connectivity index is 1.64. The molecule has 118 valence electrons. The lowest BCUT2D eigenvalue weighted by atomic mass is 10.1. The lowest BCUT2D eigenvalue weighted by Gasteiger charge is -2.27. The van der Waals surface area contributed by atoms with Crippen LogP contribution in [-0.2, 0) is 17.9 Å². The van der Waals surface area contributed by atoms with Gasteiger partial charge in [-0.25, -0.2) is 0 Å². The molecule has 0 aromatic heterocycles. The maximum Gasteiger partial charge on any atom is 0.231 e. The lowest BCUT2D eigenvalue weighted by Crippen LogP contribution is -2.33. The predicted octanol–water partition coefficient (Wildman–Crippen LogP) is 2.76. The molecule has 2 aliphatic rings. The maximum atomic E-state index is 12.4. The number of hydrogen-bond acceptors (Lipinski definition) is 4. The molecule has 0 saturated heterocycles. The van der Waals surface area contributed by atoms with Gasteiger partial charge in [0, 0.05) is 37.8 Å². The first kappa shape index (κ1) is 13.9. The van der Waals surface area contributed by atoms with E-state index in [9.17, 15) is 4.79 Å².